The van der Waals surface area contributed by atoms with Crippen LogP contribution in [0.2, 0.25) is 0 Å². The molecular weight excluding hydrogens is 214 g/mol. The fraction of sp³-hybridized carbons (Fsp3) is 0.143. The van der Waals surface area contributed by atoms with Crippen LogP contribution in [-0.4, -0.2) is 7.11 Å². The van der Waals surface area contributed by atoms with E-state index in [1.807, 2.05) is 59.7 Å². The monoisotopic (exact) mass is 227 g/mol. The number of hydrogen-bond acceptors (Lipinski definition) is 3. The SMILES string of the molecule is COc1ccc(C2ON2c2ccccc2)cc1. The van der Waals surface area contributed by atoms with Gasteiger partial charge < -0.3 is 4.74 Å². The molecule has 0 radical (unpaired) electrons. The third-order valence-corrected chi connectivity index (χ3v) is 2.79. The molecule has 0 aromatic heterocycles. The van der Waals surface area contributed by atoms with Gasteiger partial charge in [0.2, 0.25) is 6.23 Å². The molecule has 2 aromatic carbocycles. The Balaban J connectivity index is 1.76. The van der Waals surface area contributed by atoms with Crippen LogP contribution in [0.15, 0.2) is 54.6 Å². The zero-order chi connectivity index (χ0) is 11.7. The number of ether oxygens (including phenoxy) is 1. The van der Waals surface area contributed by atoms with Crippen molar-refractivity contribution in [2.45, 2.75) is 6.23 Å². The molecular formula is C14H13NO2. The van der Waals surface area contributed by atoms with E-state index in [1.165, 1.54) is 0 Å². The molecule has 1 heterocycles. The lowest BCUT2D eigenvalue weighted by molar-refractivity contribution is 0.400. The van der Waals surface area contributed by atoms with Crippen molar-refractivity contribution in [1.29, 1.82) is 0 Å². The lowest BCUT2D eigenvalue weighted by Gasteiger charge is -2.01. The summed E-state index contributed by atoms with van der Waals surface area (Å²) in [7, 11) is 1.67. The number of hydroxylamine groups is 1. The smallest absolute Gasteiger partial charge is 0.206 e. The highest BCUT2D eigenvalue weighted by molar-refractivity contribution is 5.49. The largest absolute Gasteiger partial charge is 0.497 e. The summed E-state index contributed by atoms with van der Waals surface area (Å²) in [5, 5.41) is 1.89. The highest BCUT2D eigenvalue weighted by Gasteiger charge is 2.38. The summed E-state index contributed by atoms with van der Waals surface area (Å²) in [4.78, 5) is 5.56. The molecule has 0 spiro atoms. The maximum Gasteiger partial charge on any atom is 0.206 e. The van der Waals surface area contributed by atoms with Gasteiger partial charge in [0.15, 0.2) is 0 Å². The molecule has 1 aliphatic rings. The van der Waals surface area contributed by atoms with E-state index >= 15 is 0 Å². The lowest BCUT2D eigenvalue weighted by atomic mass is 10.2. The first kappa shape index (κ1) is 10.2. The van der Waals surface area contributed by atoms with E-state index < -0.39 is 0 Å². The van der Waals surface area contributed by atoms with Crippen molar-refractivity contribution < 1.29 is 9.57 Å². The van der Waals surface area contributed by atoms with Gasteiger partial charge in [-0.25, -0.2) is 9.90 Å². The van der Waals surface area contributed by atoms with E-state index in [0.717, 1.165) is 17.0 Å². The zero-order valence-electron chi connectivity index (χ0n) is 9.54. The molecule has 0 aliphatic carbocycles. The minimum atomic E-state index is 0.0308. The second kappa shape index (κ2) is 4.11. The van der Waals surface area contributed by atoms with E-state index in [-0.39, 0.29) is 6.23 Å². The average Bonchev–Trinajstić information content (AvgIpc) is 3.20. The number of rotatable bonds is 3. The summed E-state index contributed by atoms with van der Waals surface area (Å²) >= 11 is 0. The molecule has 3 nitrogen and oxygen atoms in total. The summed E-state index contributed by atoms with van der Waals surface area (Å²) in [6, 6.07) is 18.0. The molecule has 3 rings (SSSR count). The molecule has 1 unspecified atom stereocenters. The van der Waals surface area contributed by atoms with E-state index in [2.05, 4.69) is 0 Å². The van der Waals surface area contributed by atoms with Crippen molar-refractivity contribution >= 4 is 5.69 Å². The van der Waals surface area contributed by atoms with Gasteiger partial charge in [0.05, 0.1) is 12.8 Å². The van der Waals surface area contributed by atoms with Gasteiger partial charge in [0, 0.05) is 5.56 Å². The zero-order valence-corrected chi connectivity index (χ0v) is 9.54. The quantitative estimate of drug-likeness (QED) is 0.753. The molecule has 1 aliphatic heterocycles. The van der Waals surface area contributed by atoms with E-state index in [9.17, 15) is 0 Å². The van der Waals surface area contributed by atoms with Crippen LogP contribution in [0, 0.1) is 0 Å². The second-order valence-corrected chi connectivity index (χ2v) is 3.89. The van der Waals surface area contributed by atoms with Crippen molar-refractivity contribution in [3.8, 4) is 5.75 Å². The molecule has 0 amide bonds. The first-order valence-electron chi connectivity index (χ1n) is 5.53. The van der Waals surface area contributed by atoms with Crippen LogP contribution in [0.3, 0.4) is 0 Å². The maximum atomic E-state index is 5.56. The van der Waals surface area contributed by atoms with Crippen molar-refractivity contribution in [2.75, 3.05) is 12.2 Å². The van der Waals surface area contributed by atoms with Crippen molar-refractivity contribution in [3.05, 3.63) is 60.2 Å². The Morgan fingerprint density at radius 2 is 1.71 bits per heavy atom. The number of hydrogen-bond donors (Lipinski definition) is 0. The Kier molecular flexibility index (Phi) is 2.46. The van der Waals surface area contributed by atoms with E-state index in [0.29, 0.717) is 0 Å². The van der Waals surface area contributed by atoms with Crippen molar-refractivity contribution in [3.63, 3.8) is 0 Å². The standard InChI is InChI=1S/C14H13NO2/c1-16-13-9-7-11(8-10-13)14-15(17-14)12-5-3-2-4-6-12/h2-10,14H,1H3. The minimum absolute atomic E-state index is 0.0308. The van der Waals surface area contributed by atoms with E-state index in [4.69, 9.17) is 9.57 Å². The van der Waals surface area contributed by atoms with Gasteiger partial charge in [-0.1, -0.05) is 30.3 Å². The van der Waals surface area contributed by atoms with Crippen LogP contribution in [0.4, 0.5) is 5.69 Å². The highest BCUT2D eigenvalue weighted by atomic mass is 16.8. The molecule has 0 saturated carbocycles. The summed E-state index contributed by atoms with van der Waals surface area (Å²) in [6.45, 7) is 0. The van der Waals surface area contributed by atoms with Crippen LogP contribution in [0.1, 0.15) is 11.8 Å². The predicted molar refractivity (Wildman–Crippen MR) is 65.7 cm³/mol. The van der Waals surface area contributed by atoms with Crippen molar-refractivity contribution in [2.24, 2.45) is 0 Å². The molecule has 0 bridgehead atoms. The molecule has 3 heteroatoms. The van der Waals surface area contributed by atoms with Crippen LogP contribution in [0.25, 0.3) is 0 Å². The maximum absolute atomic E-state index is 5.56. The molecule has 86 valence electrons. The normalized spacial score (nSPS) is 17.9. The van der Waals surface area contributed by atoms with Crippen LogP contribution >= 0.6 is 0 Å². The van der Waals surface area contributed by atoms with Gasteiger partial charge in [-0.15, -0.1) is 0 Å². The van der Waals surface area contributed by atoms with Gasteiger partial charge in [0.25, 0.3) is 0 Å². The van der Waals surface area contributed by atoms with Crippen LogP contribution in [-0.2, 0) is 4.84 Å². The lowest BCUT2D eigenvalue weighted by Crippen LogP contribution is -1.93. The van der Waals surface area contributed by atoms with Gasteiger partial charge in [-0.2, -0.15) is 0 Å². The summed E-state index contributed by atoms with van der Waals surface area (Å²) in [5.41, 5.74) is 2.21. The Labute approximate surface area is 100 Å². The van der Waals surface area contributed by atoms with Crippen LogP contribution in [0.5, 0.6) is 5.75 Å². The molecule has 1 fully saturated rings. The van der Waals surface area contributed by atoms with Gasteiger partial charge in [0.1, 0.15) is 5.75 Å². The van der Waals surface area contributed by atoms with Gasteiger partial charge >= 0.3 is 0 Å². The molecule has 1 atom stereocenters. The number of nitrogens with zero attached hydrogens (tertiary/aromatic N) is 1. The fourth-order valence-electron chi connectivity index (χ4n) is 1.82. The van der Waals surface area contributed by atoms with Gasteiger partial charge in [-0.3, -0.25) is 0 Å². The Morgan fingerprint density at radius 3 is 2.35 bits per heavy atom. The summed E-state index contributed by atoms with van der Waals surface area (Å²) in [6.07, 6.45) is 0.0308. The van der Waals surface area contributed by atoms with Crippen molar-refractivity contribution in [1.82, 2.24) is 0 Å². The van der Waals surface area contributed by atoms with Crippen LogP contribution < -0.4 is 9.80 Å². The topological polar surface area (TPSA) is 24.8 Å². The summed E-state index contributed by atoms with van der Waals surface area (Å²) in [5.74, 6) is 0.862. The Hall–Kier alpha value is -2.00. The molecule has 1 saturated heterocycles. The average molecular weight is 227 g/mol. The molecule has 2 aromatic rings. The fourth-order valence-corrected chi connectivity index (χ4v) is 1.82. The first-order valence-corrected chi connectivity index (χ1v) is 5.53. The second-order valence-electron chi connectivity index (χ2n) is 3.89. The number of anilines is 1. The third-order valence-electron chi connectivity index (χ3n) is 2.79. The number of para-hydroxylation sites is 1. The number of methoxy groups -OCH3 is 1. The van der Waals surface area contributed by atoms with E-state index in [1.54, 1.807) is 7.11 Å². The molecule has 17 heavy (non-hydrogen) atoms. The third kappa shape index (κ3) is 1.97. The number of benzene rings is 2. The highest BCUT2D eigenvalue weighted by Crippen LogP contribution is 2.41. The minimum Gasteiger partial charge on any atom is -0.497 e. The molecule has 0 N–H and O–H groups in total. The predicted octanol–water partition coefficient (Wildman–Crippen LogP) is 3.15. The van der Waals surface area contributed by atoms with Gasteiger partial charge in [-0.05, 0) is 24.3 Å². The Morgan fingerprint density at radius 1 is 1.00 bits per heavy atom. The Bertz CT molecular complexity index is 495. The summed E-state index contributed by atoms with van der Waals surface area (Å²) < 4.78 is 5.13. The first-order chi connectivity index (χ1) is 8.38.